The molecule has 6 heteroatoms. The minimum Gasteiger partial charge on any atom is -0.492 e. The van der Waals surface area contributed by atoms with E-state index < -0.39 is 11.8 Å². The first-order valence-corrected chi connectivity index (χ1v) is 7.14. The molecule has 1 saturated carbocycles. The Morgan fingerprint density at radius 1 is 1.30 bits per heavy atom. The Morgan fingerprint density at radius 2 is 1.95 bits per heavy atom. The Morgan fingerprint density at radius 3 is 2.50 bits per heavy atom. The van der Waals surface area contributed by atoms with E-state index in [9.17, 15) is 9.59 Å². The Hall–Kier alpha value is -1.56. The summed E-state index contributed by atoms with van der Waals surface area (Å²) in [6, 6.07) is 2.86. The van der Waals surface area contributed by atoms with Crippen molar-refractivity contribution >= 4 is 27.7 Å². The molecule has 0 bridgehead atoms. The van der Waals surface area contributed by atoms with Gasteiger partial charge in [-0.1, -0.05) is 0 Å². The van der Waals surface area contributed by atoms with Crippen molar-refractivity contribution in [3.8, 4) is 11.5 Å². The summed E-state index contributed by atoms with van der Waals surface area (Å²) >= 11 is 3.27. The molecule has 1 aromatic rings. The third kappa shape index (κ3) is 3.12. The molecule has 1 aromatic carbocycles. The minimum absolute atomic E-state index is 0.0678. The van der Waals surface area contributed by atoms with Gasteiger partial charge in [-0.25, -0.2) is 4.79 Å². The number of ether oxygens (including phenoxy) is 2. The summed E-state index contributed by atoms with van der Waals surface area (Å²) in [6.45, 7) is 0. The summed E-state index contributed by atoms with van der Waals surface area (Å²) < 4.78 is 11.6. The highest BCUT2D eigenvalue weighted by Crippen LogP contribution is 2.38. The lowest BCUT2D eigenvalue weighted by atomic mass is 10.1. The van der Waals surface area contributed by atoms with Gasteiger partial charge in [0.1, 0.15) is 0 Å². The molecule has 108 valence electrons. The van der Waals surface area contributed by atoms with Crippen LogP contribution in [-0.2, 0) is 4.79 Å². The van der Waals surface area contributed by atoms with Crippen molar-refractivity contribution in [1.82, 2.24) is 0 Å². The van der Waals surface area contributed by atoms with Gasteiger partial charge in [-0.05, 0) is 53.7 Å². The van der Waals surface area contributed by atoms with Gasteiger partial charge in [-0.2, -0.15) is 0 Å². The van der Waals surface area contributed by atoms with Crippen molar-refractivity contribution in [3.05, 3.63) is 22.2 Å². The van der Waals surface area contributed by atoms with Gasteiger partial charge in [-0.3, -0.25) is 4.79 Å². The molecule has 5 nitrogen and oxygen atoms in total. The predicted molar refractivity (Wildman–Crippen MR) is 75.5 cm³/mol. The zero-order valence-electron chi connectivity index (χ0n) is 11.0. The highest BCUT2D eigenvalue weighted by atomic mass is 79.9. The van der Waals surface area contributed by atoms with Gasteiger partial charge in [0.2, 0.25) is 0 Å². The van der Waals surface area contributed by atoms with E-state index in [4.69, 9.17) is 14.6 Å². The number of aliphatic carboxylic acids is 1. The minimum atomic E-state index is -1.49. The van der Waals surface area contributed by atoms with Gasteiger partial charge in [0.25, 0.3) is 5.78 Å². The second-order valence-corrected chi connectivity index (χ2v) is 5.50. The van der Waals surface area contributed by atoms with Crippen LogP contribution in [0.4, 0.5) is 0 Å². The number of rotatable bonds is 5. The van der Waals surface area contributed by atoms with Gasteiger partial charge < -0.3 is 14.6 Å². The summed E-state index contributed by atoms with van der Waals surface area (Å²) in [7, 11) is 1.50. The third-order valence-electron chi connectivity index (χ3n) is 3.27. The number of carbonyl (C=O) groups is 2. The fourth-order valence-electron chi connectivity index (χ4n) is 2.29. The first-order chi connectivity index (χ1) is 9.52. The third-order valence-corrected chi connectivity index (χ3v) is 3.85. The standard InChI is InChI=1S/C14H15BrO5/c1-19-13-10(15)6-8(12(16)14(17)18)7-11(13)20-9-4-2-3-5-9/h6-7,9H,2-5H2,1H3,(H,17,18). The van der Waals surface area contributed by atoms with Crippen LogP contribution in [-0.4, -0.2) is 30.1 Å². The van der Waals surface area contributed by atoms with Crippen LogP contribution in [0.25, 0.3) is 0 Å². The van der Waals surface area contributed by atoms with Crippen LogP contribution < -0.4 is 9.47 Å². The second kappa shape index (κ2) is 6.26. The zero-order chi connectivity index (χ0) is 14.7. The number of benzene rings is 1. The van der Waals surface area contributed by atoms with Crippen molar-refractivity contribution < 1.29 is 24.2 Å². The molecule has 20 heavy (non-hydrogen) atoms. The highest BCUT2D eigenvalue weighted by Gasteiger charge is 2.23. The molecule has 0 saturated heterocycles. The van der Waals surface area contributed by atoms with E-state index in [1.807, 2.05) is 0 Å². The van der Waals surface area contributed by atoms with E-state index in [2.05, 4.69) is 15.9 Å². The average Bonchev–Trinajstić information content (AvgIpc) is 2.90. The van der Waals surface area contributed by atoms with Crippen LogP contribution in [0.15, 0.2) is 16.6 Å². The number of hydrogen-bond acceptors (Lipinski definition) is 4. The molecule has 0 radical (unpaired) electrons. The van der Waals surface area contributed by atoms with Gasteiger partial charge >= 0.3 is 5.97 Å². The summed E-state index contributed by atoms with van der Waals surface area (Å²) in [5.74, 6) is -1.59. The number of carboxylic acid groups (broad SMARTS) is 1. The van der Waals surface area contributed by atoms with Gasteiger partial charge in [0.15, 0.2) is 11.5 Å². The summed E-state index contributed by atoms with van der Waals surface area (Å²) in [6.07, 6.45) is 4.23. The quantitative estimate of drug-likeness (QED) is 0.657. The van der Waals surface area contributed by atoms with Crippen LogP contribution in [0.1, 0.15) is 36.0 Å². The van der Waals surface area contributed by atoms with E-state index in [1.54, 1.807) is 0 Å². The van der Waals surface area contributed by atoms with Crippen LogP contribution in [0.3, 0.4) is 0 Å². The number of Topliss-reactive ketones (excluding diaryl/α,β-unsaturated/α-hetero) is 1. The molecule has 1 N–H and O–H groups in total. The molecule has 1 fully saturated rings. The molecule has 0 aliphatic heterocycles. The van der Waals surface area contributed by atoms with E-state index in [1.165, 1.54) is 19.2 Å². The van der Waals surface area contributed by atoms with Crippen molar-refractivity contribution in [2.45, 2.75) is 31.8 Å². The zero-order valence-corrected chi connectivity index (χ0v) is 12.6. The summed E-state index contributed by atoms with van der Waals surface area (Å²) in [5, 5.41) is 8.79. The maximum atomic E-state index is 11.6. The fraction of sp³-hybridized carbons (Fsp3) is 0.429. The molecule has 1 aliphatic carbocycles. The smallest absolute Gasteiger partial charge is 0.377 e. The highest BCUT2D eigenvalue weighted by molar-refractivity contribution is 9.10. The van der Waals surface area contributed by atoms with E-state index in [-0.39, 0.29) is 11.7 Å². The Kier molecular flexibility index (Phi) is 4.65. The van der Waals surface area contributed by atoms with E-state index >= 15 is 0 Å². The number of carboxylic acids is 1. The molecule has 0 spiro atoms. The second-order valence-electron chi connectivity index (χ2n) is 4.65. The molecule has 0 atom stereocenters. The number of hydrogen-bond donors (Lipinski definition) is 1. The first kappa shape index (κ1) is 14.8. The van der Waals surface area contributed by atoms with Crippen molar-refractivity contribution in [3.63, 3.8) is 0 Å². The van der Waals surface area contributed by atoms with Crippen molar-refractivity contribution in [1.29, 1.82) is 0 Å². The summed E-state index contributed by atoms with van der Waals surface area (Å²) in [5.41, 5.74) is 0.0678. The summed E-state index contributed by atoms with van der Waals surface area (Å²) in [4.78, 5) is 22.4. The lowest BCUT2D eigenvalue weighted by Gasteiger charge is -2.17. The maximum absolute atomic E-state index is 11.6. The van der Waals surface area contributed by atoms with E-state index in [0.29, 0.717) is 16.0 Å². The number of ketones is 1. The predicted octanol–water partition coefficient (Wildman–Crippen LogP) is 3.05. The van der Waals surface area contributed by atoms with Gasteiger partial charge in [0, 0.05) is 5.56 Å². The fourth-order valence-corrected chi connectivity index (χ4v) is 2.90. The van der Waals surface area contributed by atoms with Crippen LogP contribution in [0, 0.1) is 0 Å². The molecule has 0 aromatic heterocycles. The largest absolute Gasteiger partial charge is 0.492 e. The van der Waals surface area contributed by atoms with Crippen LogP contribution >= 0.6 is 15.9 Å². The SMILES string of the molecule is COc1c(Br)cc(C(=O)C(=O)O)cc1OC1CCCC1. The monoisotopic (exact) mass is 342 g/mol. The van der Waals surface area contributed by atoms with Gasteiger partial charge in [-0.15, -0.1) is 0 Å². The van der Waals surface area contributed by atoms with Crippen LogP contribution in [0.5, 0.6) is 11.5 Å². The van der Waals surface area contributed by atoms with Crippen molar-refractivity contribution in [2.75, 3.05) is 7.11 Å². The normalized spacial score (nSPS) is 15.1. The Balaban J connectivity index is 2.35. The molecule has 0 amide bonds. The Labute approximate surface area is 125 Å². The van der Waals surface area contributed by atoms with E-state index in [0.717, 1.165) is 25.7 Å². The first-order valence-electron chi connectivity index (χ1n) is 6.34. The lowest BCUT2D eigenvalue weighted by Crippen LogP contribution is -2.15. The Bertz CT molecular complexity index is 535. The molecule has 1 aliphatic rings. The maximum Gasteiger partial charge on any atom is 0.377 e. The number of carbonyl (C=O) groups excluding carboxylic acids is 1. The number of halogens is 1. The molecule has 0 heterocycles. The van der Waals surface area contributed by atoms with Crippen molar-refractivity contribution in [2.24, 2.45) is 0 Å². The average molecular weight is 343 g/mol. The molecular weight excluding hydrogens is 328 g/mol. The van der Waals surface area contributed by atoms with Gasteiger partial charge in [0.05, 0.1) is 17.7 Å². The molecule has 2 rings (SSSR count). The number of methoxy groups -OCH3 is 1. The molecular formula is C14H15BrO5. The lowest BCUT2D eigenvalue weighted by molar-refractivity contribution is -0.131. The topological polar surface area (TPSA) is 72.8 Å². The van der Waals surface area contributed by atoms with Crippen LogP contribution in [0.2, 0.25) is 0 Å². The molecule has 0 unspecified atom stereocenters.